The molecule has 0 aromatic heterocycles. The number of nitrogens with one attached hydrogen (secondary N) is 1. The Balaban J connectivity index is 1.69. The zero-order valence-electron chi connectivity index (χ0n) is 18.2. The van der Waals surface area contributed by atoms with E-state index >= 15 is 0 Å². The first-order chi connectivity index (χ1) is 14.1. The van der Waals surface area contributed by atoms with Crippen molar-refractivity contribution in [2.45, 2.75) is 58.9 Å². The van der Waals surface area contributed by atoms with E-state index in [9.17, 15) is 9.59 Å². The molecule has 1 saturated heterocycles. The largest absolute Gasteiger partial charge is 0.372 e. The van der Waals surface area contributed by atoms with Crippen LogP contribution in [0.25, 0.3) is 0 Å². The van der Waals surface area contributed by atoms with Gasteiger partial charge in [0.1, 0.15) is 0 Å². The number of likely N-dealkylation sites (tertiary alicyclic amines) is 1. The number of carbonyl (C=O) groups excluding carboxylic acids is 2. The highest BCUT2D eigenvalue weighted by molar-refractivity contribution is 6.36. The highest BCUT2D eigenvalue weighted by atomic mass is 16.2. The SMILES string of the molecule is C=CNC(=O)C(=O)CCCC1CCN(Cc2ccc(N(CC)CCC)cc2)CC1. The number of carbonyl (C=O) groups is 2. The molecule has 29 heavy (non-hydrogen) atoms. The molecule has 1 fully saturated rings. The molecule has 2 rings (SSSR count). The van der Waals surface area contributed by atoms with Crippen molar-refractivity contribution in [1.82, 2.24) is 10.2 Å². The van der Waals surface area contributed by atoms with E-state index in [2.05, 4.69) is 59.8 Å². The molecule has 1 aromatic carbocycles. The summed E-state index contributed by atoms with van der Waals surface area (Å²) < 4.78 is 0. The van der Waals surface area contributed by atoms with Gasteiger partial charge in [0.15, 0.2) is 0 Å². The predicted molar refractivity (Wildman–Crippen MR) is 120 cm³/mol. The van der Waals surface area contributed by atoms with Crippen LogP contribution in [0.3, 0.4) is 0 Å². The van der Waals surface area contributed by atoms with Gasteiger partial charge < -0.3 is 10.2 Å². The number of hydrogen-bond donors (Lipinski definition) is 1. The molecule has 0 aliphatic carbocycles. The lowest BCUT2D eigenvalue weighted by atomic mass is 9.91. The van der Waals surface area contributed by atoms with E-state index in [1.54, 1.807) is 0 Å². The highest BCUT2D eigenvalue weighted by Crippen LogP contribution is 2.24. The molecule has 1 N–H and O–H groups in total. The van der Waals surface area contributed by atoms with Crippen molar-refractivity contribution >= 4 is 17.4 Å². The van der Waals surface area contributed by atoms with Gasteiger partial charge in [0.2, 0.25) is 5.78 Å². The molecule has 1 aliphatic heterocycles. The minimum Gasteiger partial charge on any atom is -0.372 e. The molecule has 0 unspecified atom stereocenters. The van der Waals surface area contributed by atoms with Crippen molar-refractivity contribution in [3.05, 3.63) is 42.6 Å². The van der Waals surface area contributed by atoms with Gasteiger partial charge >= 0.3 is 0 Å². The first kappa shape index (κ1) is 23.1. The van der Waals surface area contributed by atoms with Crippen LogP contribution in [0.2, 0.25) is 0 Å². The number of amides is 1. The lowest BCUT2D eigenvalue weighted by Gasteiger charge is -2.32. The normalized spacial score (nSPS) is 15.1. The second-order valence-corrected chi connectivity index (χ2v) is 7.96. The Kier molecular flexibility index (Phi) is 9.92. The van der Waals surface area contributed by atoms with Crippen molar-refractivity contribution in [1.29, 1.82) is 0 Å². The van der Waals surface area contributed by atoms with Gasteiger partial charge in [0, 0.05) is 31.7 Å². The van der Waals surface area contributed by atoms with Gasteiger partial charge in [-0.1, -0.05) is 25.6 Å². The molecule has 0 bridgehead atoms. The lowest BCUT2D eigenvalue weighted by molar-refractivity contribution is -0.137. The monoisotopic (exact) mass is 399 g/mol. The van der Waals surface area contributed by atoms with E-state index < -0.39 is 5.91 Å². The Morgan fingerprint density at radius 1 is 1.21 bits per heavy atom. The van der Waals surface area contributed by atoms with Gasteiger partial charge in [0.05, 0.1) is 0 Å². The second-order valence-electron chi connectivity index (χ2n) is 7.96. The van der Waals surface area contributed by atoms with Gasteiger partial charge in [-0.25, -0.2) is 0 Å². The van der Waals surface area contributed by atoms with E-state index in [0.717, 1.165) is 45.6 Å². The Morgan fingerprint density at radius 2 is 1.90 bits per heavy atom. The summed E-state index contributed by atoms with van der Waals surface area (Å²) in [6.45, 7) is 13.2. The van der Waals surface area contributed by atoms with Crippen molar-refractivity contribution in [2.24, 2.45) is 5.92 Å². The van der Waals surface area contributed by atoms with Crippen LogP contribution in [0.15, 0.2) is 37.0 Å². The van der Waals surface area contributed by atoms with Gasteiger partial charge in [0.25, 0.3) is 5.91 Å². The molecular weight excluding hydrogens is 362 g/mol. The maximum absolute atomic E-state index is 11.7. The Bertz CT molecular complexity index is 649. The van der Waals surface area contributed by atoms with Gasteiger partial charge in [-0.3, -0.25) is 14.5 Å². The highest BCUT2D eigenvalue weighted by Gasteiger charge is 2.20. The van der Waals surface area contributed by atoms with Crippen LogP contribution in [0.4, 0.5) is 5.69 Å². The van der Waals surface area contributed by atoms with Crippen LogP contribution >= 0.6 is 0 Å². The van der Waals surface area contributed by atoms with Gasteiger partial charge in [-0.05, 0) is 81.9 Å². The molecule has 1 aromatic rings. The fourth-order valence-corrected chi connectivity index (χ4v) is 4.08. The maximum atomic E-state index is 11.7. The van der Waals surface area contributed by atoms with Crippen LogP contribution < -0.4 is 10.2 Å². The van der Waals surface area contributed by atoms with E-state index in [0.29, 0.717) is 12.3 Å². The summed E-state index contributed by atoms with van der Waals surface area (Å²) in [6, 6.07) is 9.03. The number of piperidine rings is 1. The number of rotatable bonds is 12. The molecule has 1 aliphatic rings. The minimum atomic E-state index is -0.544. The Morgan fingerprint density at radius 3 is 2.48 bits per heavy atom. The summed E-state index contributed by atoms with van der Waals surface area (Å²) in [6.07, 6.45) is 6.92. The lowest BCUT2D eigenvalue weighted by Crippen LogP contribution is -2.33. The number of benzene rings is 1. The fraction of sp³-hybridized carbons (Fsp3) is 0.583. The summed E-state index contributed by atoms with van der Waals surface area (Å²) in [7, 11) is 0. The van der Waals surface area contributed by atoms with Crippen molar-refractivity contribution in [3.63, 3.8) is 0 Å². The molecular formula is C24H37N3O2. The van der Waals surface area contributed by atoms with Crippen molar-refractivity contribution < 1.29 is 9.59 Å². The summed E-state index contributed by atoms with van der Waals surface area (Å²) in [5.41, 5.74) is 2.69. The molecule has 0 atom stereocenters. The van der Waals surface area contributed by atoms with Crippen LogP contribution in [0.5, 0.6) is 0 Å². The standard InChI is InChI=1S/C24H37N3O2/c1-4-16-27(6-3)22-12-10-21(11-13-22)19-26-17-14-20(15-18-26)8-7-9-23(28)24(29)25-5-2/h5,10-13,20H,2,4,6-9,14-19H2,1,3H3,(H,25,29). The third-order valence-corrected chi connectivity index (χ3v) is 5.79. The molecule has 0 radical (unpaired) electrons. The number of ketones is 1. The van der Waals surface area contributed by atoms with Gasteiger partial charge in [-0.2, -0.15) is 0 Å². The quantitative estimate of drug-likeness (QED) is 0.537. The van der Waals surface area contributed by atoms with E-state index in [4.69, 9.17) is 0 Å². The van der Waals surface area contributed by atoms with Crippen LogP contribution in [0.1, 0.15) is 57.9 Å². The first-order valence-electron chi connectivity index (χ1n) is 11.1. The van der Waals surface area contributed by atoms with E-state index in [1.165, 1.54) is 36.7 Å². The number of hydrogen-bond acceptors (Lipinski definition) is 4. The average Bonchev–Trinajstić information content (AvgIpc) is 2.74. The summed E-state index contributed by atoms with van der Waals surface area (Å²) in [5.74, 6) is -0.222. The van der Waals surface area contributed by atoms with Crippen molar-refractivity contribution in [3.8, 4) is 0 Å². The third kappa shape index (κ3) is 7.65. The van der Waals surface area contributed by atoms with Crippen LogP contribution in [-0.2, 0) is 16.1 Å². The van der Waals surface area contributed by atoms with Crippen LogP contribution in [-0.4, -0.2) is 42.8 Å². The van der Waals surface area contributed by atoms with Gasteiger partial charge in [-0.15, -0.1) is 0 Å². The predicted octanol–water partition coefficient (Wildman–Crippen LogP) is 4.13. The summed E-state index contributed by atoms with van der Waals surface area (Å²) >= 11 is 0. The maximum Gasteiger partial charge on any atom is 0.291 e. The van der Waals surface area contributed by atoms with Crippen LogP contribution in [0, 0.1) is 5.92 Å². The summed E-state index contributed by atoms with van der Waals surface area (Å²) in [5, 5.41) is 2.35. The smallest absolute Gasteiger partial charge is 0.291 e. The minimum absolute atomic E-state index is 0.332. The third-order valence-electron chi connectivity index (χ3n) is 5.79. The summed E-state index contributed by atoms with van der Waals surface area (Å²) in [4.78, 5) is 28.0. The zero-order chi connectivity index (χ0) is 21.1. The zero-order valence-corrected chi connectivity index (χ0v) is 18.2. The first-order valence-corrected chi connectivity index (χ1v) is 11.1. The molecule has 1 heterocycles. The fourth-order valence-electron chi connectivity index (χ4n) is 4.08. The Hall–Kier alpha value is -2.14. The van der Waals surface area contributed by atoms with E-state index in [-0.39, 0.29) is 5.78 Å². The molecule has 0 spiro atoms. The molecule has 5 nitrogen and oxygen atoms in total. The second kappa shape index (κ2) is 12.4. The molecule has 0 saturated carbocycles. The topological polar surface area (TPSA) is 52.7 Å². The van der Waals surface area contributed by atoms with E-state index in [1.807, 2.05) is 0 Å². The number of Topliss-reactive ketones (excluding diaryl/α,β-unsaturated/α-hetero) is 1. The van der Waals surface area contributed by atoms with Crippen molar-refractivity contribution in [2.75, 3.05) is 31.1 Å². The molecule has 160 valence electrons. The number of anilines is 1. The average molecular weight is 400 g/mol. The Labute approximate surface area is 176 Å². The number of nitrogens with zero attached hydrogens (tertiary/aromatic N) is 2. The molecule has 5 heteroatoms. The molecule has 1 amide bonds.